The first-order chi connectivity index (χ1) is 9.91. The monoisotopic (exact) mass is 349 g/mol. The summed E-state index contributed by atoms with van der Waals surface area (Å²) in [6.07, 6.45) is 3.16. The molecule has 0 radical (unpaired) electrons. The second-order valence-corrected chi connectivity index (χ2v) is 7.68. The molecular weight excluding hydrogens is 330 g/mol. The highest BCUT2D eigenvalue weighted by atomic mass is 79.9. The molecule has 1 aliphatic carbocycles. The predicted octanol–water partition coefficient (Wildman–Crippen LogP) is 3.24. The molecule has 1 aromatic carbocycles. The van der Waals surface area contributed by atoms with E-state index in [1.165, 1.54) is 11.1 Å². The Labute approximate surface area is 133 Å². The Balaban J connectivity index is 2.01. The van der Waals surface area contributed by atoms with Gasteiger partial charge in [0.05, 0.1) is 0 Å². The Morgan fingerprint density at radius 2 is 2.00 bits per heavy atom. The topological polar surface area (TPSA) is 46.2 Å². The number of hydrogen-bond acceptors (Lipinski definition) is 2. The van der Waals surface area contributed by atoms with Crippen LogP contribution >= 0.6 is 15.9 Å². The molecule has 1 fully saturated rings. The molecule has 112 valence electrons. The second kappa shape index (κ2) is 5.24. The fourth-order valence-corrected chi connectivity index (χ4v) is 4.65. The lowest BCUT2D eigenvalue weighted by Gasteiger charge is -2.47. The lowest BCUT2D eigenvalue weighted by Crippen LogP contribution is -2.55. The largest absolute Gasteiger partial charge is 0.296 e. The molecule has 1 heterocycles. The predicted molar refractivity (Wildman–Crippen MR) is 84.7 cm³/mol. The van der Waals surface area contributed by atoms with Crippen LogP contribution in [-0.4, -0.2) is 11.8 Å². The van der Waals surface area contributed by atoms with Crippen molar-refractivity contribution in [2.45, 2.75) is 39.5 Å². The summed E-state index contributed by atoms with van der Waals surface area (Å²) in [4.78, 5) is 24.3. The van der Waals surface area contributed by atoms with Crippen LogP contribution < -0.4 is 5.32 Å². The maximum Gasteiger partial charge on any atom is 0.230 e. The number of carbonyl (C=O) groups is 2. The van der Waals surface area contributed by atoms with Crippen LogP contribution in [0.15, 0.2) is 22.7 Å². The first kappa shape index (κ1) is 14.8. The Hall–Kier alpha value is -1.16. The number of imide groups is 1. The van der Waals surface area contributed by atoms with E-state index in [0.717, 1.165) is 23.7 Å². The van der Waals surface area contributed by atoms with Gasteiger partial charge in [0.1, 0.15) is 0 Å². The molecule has 1 aromatic rings. The van der Waals surface area contributed by atoms with Crippen molar-refractivity contribution in [1.29, 1.82) is 0 Å². The summed E-state index contributed by atoms with van der Waals surface area (Å²) in [5, 5.41) is 2.53. The van der Waals surface area contributed by atoms with Crippen LogP contribution in [0, 0.1) is 17.3 Å². The van der Waals surface area contributed by atoms with Crippen LogP contribution in [0.5, 0.6) is 0 Å². The molecule has 2 unspecified atom stereocenters. The number of benzene rings is 1. The zero-order valence-corrected chi connectivity index (χ0v) is 14.0. The molecule has 21 heavy (non-hydrogen) atoms. The number of fused-ring (bicyclic) bond motifs is 1. The van der Waals surface area contributed by atoms with Gasteiger partial charge in [0.2, 0.25) is 11.8 Å². The van der Waals surface area contributed by atoms with Gasteiger partial charge in [0.25, 0.3) is 0 Å². The summed E-state index contributed by atoms with van der Waals surface area (Å²) in [5.74, 6) is -0.0265. The minimum absolute atomic E-state index is 0.0769. The molecule has 1 spiro atoms. The highest BCUT2D eigenvalue weighted by Crippen LogP contribution is 2.48. The van der Waals surface area contributed by atoms with E-state index in [9.17, 15) is 9.59 Å². The van der Waals surface area contributed by atoms with Crippen LogP contribution in [0.2, 0.25) is 0 Å². The van der Waals surface area contributed by atoms with Gasteiger partial charge >= 0.3 is 0 Å². The molecule has 1 N–H and O–H groups in total. The summed E-state index contributed by atoms with van der Waals surface area (Å²) in [5.41, 5.74) is 2.43. The molecule has 4 heteroatoms. The van der Waals surface area contributed by atoms with E-state index in [2.05, 4.69) is 47.2 Å². The van der Waals surface area contributed by atoms with Crippen molar-refractivity contribution in [3.63, 3.8) is 0 Å². The van der Waals surface area contributed by atoms with E-state index in [1.807, 2.05) is 6.07 Å². The standard InChI is InChI=1S/C17H20BrNO2/c1-10(2)15-16(21)19-14(20)9-17(15)6-5-11-7-13(18)4-3-12(11)8-17/h3-4,7,10,15H,5-6,8-9H2,1-2H3,(H,19,20,21). The summed E-state index contributed by atoms with van der Waals surface area (Å²) < 4.78 is 1.09. The average molecular weight is 350 g/mol. The molecule has 3 rings (SSSR count). The molecule has 0 aromatic heterocycles. The minimum Gasteiger partial charge on any atom is -0.296 e. The highest BCUT2D eigenvalue weighted by Gasteiger charge is 2.50. The number of carbonyl (C=O) groups excluding carboxylic acids is 2. The molecule has 2 amide bonds. The van der Waals surface area contributed by atoms with Crippen molar-refractivity contribution in [1.82, 2.24) is 5.32 Å². The number of hydrogen-bond donors (Lipinski definition) is 1. The average Bonchev–Trinajstić information content (AvgIpc) is 2.37. The highest BCUT2D eigenvalue weighted by molar-refractivity contribution is 9.10. The molecule has 1 aliphatic heterocycles. The van der Waals surface area contributed by atoms with Crippen LogP contribution in [-0.2, 0) is 22.4 Å². The van der Waals surface area contributed by atoms with Gasteiger partial charge in [-0.15, -0.1) is 0 Å². The Bertz CT molecular complexity index is 611. The van der Waals surface area contributed by atoms with E-state index in [-0.39, 0.29) is 29.1 Å². The molecule has 3 nitrogen and oxygen atoms in total. The van der Waals surface area contributed by atoms with Crippen molar-refractivity contribution in [2.24, 2.45) is 17.3 Å². The molecule has 2 atom stereocenters. The van der Waals surface area contributed by atoms with E-state index >= 15 is 0 Å². The Morgan fingerprint density at radius 1 is 1.24 bits per heavy atom. The smallest absolute Gasteiger partial charge is 0.230 e. The second-order valence-electron chi connectivity index (χ2n) is 6.76. The number of amides is 2. The zero-order chi connectivity index (χ0) is 15.2. The number of halogens is 1. The Kier molecular flexibility index (Phi) is 3.68. The van der Waals surface area contributed by atoms with Gasteiger partial charge in [0, 0.05) is 16.8 Å². The summed E-state index contributed by atoms with van der Waals surface area (Å²) in [6, 6.07) is 6.35. The number of nitrogens with one attached hydrogen (secondary N) is 1. The van der Waals surface area contributed by atoms with Crippen LogP contribution in [0.1, 0.15) is 37.8 Å². The van der Waals surface area contributed by atoms with Gasteiger partial charge in [-0.1, -0.05) is 35.8 Å². The summed E-state index contributed by atoms with van der Waals surface area (Å²) >= 11 is 3.51. The number of aryl methyl sites for hydroxylation is 1. The van der Waals surface area contributed by atoms with E-state index in [4.69, 9.17) is 0 Å². The molecule has 2 aliphatic rings. The minimum atomic E-state index is -0.200. The van der Waals surface area contributed by atoms with Gasteiger partial charge in [-0.05, 0) is 53.9 Å². The first-order valence-corrected chi connectivity index (χ1v) is 8.31. The van der Waals surface area contributed by atoms with Crippen LogP contribution in [0.25, 0.3) is 0 Å². The number of piperidine rings is 1. The van der Waals surface area contributed by atoms with E-state index in [1.54, 1.807) is 0 Å². The Morgan fingerprint density at radius 3 is 2.71 bits per heavy atom. The van der Waals surface area contributed by atoms with Crippen molar-refractivity contribution >= 4 is 27.7 Å². The van der Waals surface area contributed by atoms with Crippen LogP contribution in [0.4, 0.5) is 0 Å². The fourth-order valence-electron chi connectivity index (χ4n) is 4.24. The van der Waals surface area contributed by atoms with Crippen molar-refractivity contribution in [2.75, 3.05) is 0 Å². The molecule has 0 bridgehead atoms. The summed E-state index contributed by atoms with van der Waals surface area (Å²) in [7, 11) is 0. The zero-order valence-electron chi connectivity index (χ0n) is 12.4. The lowest BCUT2D eigenvalue weighted by molar-refractivity contribution is -0.146. The third kappa shape index (κ3) is 2.54. The van der Waals surface area contributed by atoms with Gasteiger partial charge in [-0.3, -0.25) is 14.9 Å². The van der Waals surface area contributed by atoms with Crippen molar-refractivity contribution in [3.8, 4) is 0 Å². The van der Waals surface area contributed by atoms with Crippen molar-refractivity contribution < 1.29 is 9.59 Å². The maximum absolute atomic E-state index is 12.3. The number of rotatable bonds is 1. The van der Waals surface area contributed by atoms with E-state index in [0.29, 0.717) is 6.42 Å². The quantitative estimate of drug-likeness (QED) is 0.791. The maximum atomic E-state index is 12.3. The molecule has 1 saturated heterocycles. The molecule has 0 saturated carbocycles. The lowest BCUT2D eigenvalue weighted by atomic mass is 9.58. The van der Waals surface area contributed by atoms with Crippen LogP contribution in [0.3, 0.4) is 0 Å². The van der Waals surface area contributed by atoms with Gasteiger partial charge in [-0.25, -0.2) is 0 Å². The van der Waals surface area contributed by atoms with E-state index < -0.39 is 0 Å². The SMILES string of the molecule is CC(C)C1C(=O)NC(=O)CC12CCc1cc(Br)ccc1C2. The van der Waals surface area contributed by atoms with Gasteiger partial charge < -0.3 is 0 Å². The third-order valence-corrected chi connectivity index (χ3v) is 5.48. The fraction of sp³-hybridized carbons (Fsp3) is 0.529. The molecular formula is C17H20BrNO2. The normalized spacial score (nSPS) is 28.7. The first-order valence-electron chi connectivity index (χ1n) is 7.52. The summed E-state index contributed by atoms with van der Waals surface area (Å²) in [6.45, 7) is 4.16. The van der Waals surface area contributed by atoms with Gasteiger partial charge in [-0.2, -0.15) is 0 Å². The van der Waals surface area contributed by atoms with Gasteiger partial charge in [0.15, 0.2) is 0 Å². The third-order valence-electron chi connectivity index (χ3n) is 4.99. The van der Waals surface area contributed by atoms with Crippen molar-refractivity contribution in [3.05, 3.63) is 33.8 Å².